The number of nitrogens with one attached hydrogen (secondary N) is 1. The second kappa shape index (κ2) is 9.03. The fourth-order valence-corrected chi connectivity index (χ4v) is 3.90. The highest BCUT2D eigenvalue weighted by Gasteiger charge is 2.39. The number of rotatable bonds is 5. The number of thiocarbonyl (C=S) groups is 1. The first kappa shape index (κ1) is 19.4. The number of likely N-dealkylation sites (tertiary alicyclic amines) is 1. The molecule has 2 fully saturated rings. The van der Waals surface area contributed by atoms with Crippen molar-refractivity contribution in [3.05, 3.63) is 35.9 Å². The minimum atomic E-state index is -0.351. The highest BCUT2D eigenvalue weighted by molar-refractivity contribution is 7.80. The Balaban J connectivity index is 1.53. The number of esters is 1. The fourth-order valence-electron chi connectivity index (χ4n) is 3.64. The number of carbonyl (C=O) groups is 2. The molecule has 1 atom stereocenters. The van der Waals surface area contributed by atoms with Crippen molar-refractivity contribution < 1.29 is 19.1 Å². The number of hydrogen-bond acceptors (Lipinski definition) is 5. The van der Waals surface area contributed by atoms with Crippen LogP contribution < -0.4 is 5.32 Å². The summed E-state index contributed by atoms with van der Waals surface area (Å²) in [6.45, 7) is 1.97. The van der Waals surface area contributed by atoms with E-state index in [-0.39, 0.29) is 30.7 Å². The van der Waals surface area contributed by atoms with Crippen molar-refractivity contribution in [2.75, 3.05) is 33.4 Å². The maximum Gasteiger partial charge on any atom is 0.410 e. The van der Waals surface area contributed by atoms with Crippen molar-refractivity contribution in [3.8, 4) is 0 Å². The molecule has 1 aromatic carbocycles. The zero-order valence-electron chi connectivity index (χ0n) is 15.4. The summed E-state index contributed by atoms with van der Waals surface area (Å²) in [5.41, 5.74) is 1.21. The van der Waals surface area contributed by atoms with Gasteiger partial charge in [-0.1, -0.05) is 30.3 Å². The fraction of sp³-hybridized carbons (Fsp3) is 0.526. The molecule has 0 spiro atoms. The van der Waals surface area contributed by atoms with Gasteiger partial charge >= 0.3 is 12.1 Å². The number of benzene rings is 1. The topological polar surface area (TPSA) is 71.1 Å². The van der Waals surface area contributed by atoms with Gasteiger partial charge in [0.25, 0.3) is 0 Å². The van der Waals surface area contributed by atoms with Gasteiger partial charge in [0.15, 0.2) is 5.11 Å². The summed E-state index contributed by atoms with van der Waals surface area (Å²) in [5, 5.41) is 3.46. The lowest BCUT2D eigenvalue weighted by molar-refractivity contribution is -0.139. The van der Waals surface area contributed by atoms with Gasteiger partial charge in [-0.25, -0.2) is 4.79 Å². The van der Waals surface area contributed by atoms with E-state index in [1.165, 1.54) is 12.7 Å². The van der Waals surface area contributed by atoms with Crippen molar-refractivity contribution in [1.82, 2.24) is 15.1 Å². The zero-order chi connectivity index (χ0) is 19.2. The van der Waals surface area contributed by atoms with Crippen molar-refractivity contribution in [2.24, 2.45) is 0 Å². The first-order chi connectivity index (χ1) is 13.1. The second-order valence-corrected chi connectivity index (χ2v) is 7.17. The Labute approximate surface area is 164 Å². The largest absolute Gasteiger partial charge is 0.468 e. The van der Waals surface area contributed by atoms with Gasteiger partial charge in [0.2, 0.25) is 0 Å². The van der Waals surface area contributed by atoms with Crippen LogP contribution in [0.25, 0.3) is 0 Å². The van der Waals surface area contributed by atoms with E-state index >= 15 is 0 Å². The molecule has 0 aliphatic carbocycles. The van der Waals surface area contributed by atoms with Crippen LogP contribution in [0.15, 0.2) is 30.3 Å². The van der Waals surface area contributed by atoms with E-state index in [1.807, 2.05) is 28.0 Å². The van der Waals surface area contributed by atoms with Crippen molar-refractivity contribution in [3.63, 3.8) is 0 Å². The Morgan fingerprint density at radius 3 is 2.67 bits per heavy atom. The molecule has 146 valence electrons. The molecule has 0 unspecified atom stereocenters. The maximum atomic E-state index is 12.3. The monoisotopic (exact) mass is 391 g/mol. The number of amides is 1. The van der Waals surface area contributed by atoms with Gasteiger partial charge in [0.1, 0.15) is 13.2 Å². The molecule has 7 nitrogen and oxygen atoms in total. The molecule has 0 saturated carbocycles. The Morgan fingerprint density at radius 2 is 2.00 bits per heavy atom. The van der Waals surface area contributed by atoms with E-state index in [0.717, 1.165) is 32.4 Å². The molecule has 2 heterocycles. The number of hydrogen-bond donors (Lipinski definition) is 1. The molecule has 0 radical (unpaired) electrons. The zero-order valence-corrected chi connectivity index (χ0v) is 16.2. The quantitative estimate of drug-likeness (QED) is 0.603. The third-order valence-electron chi connectivity index (χ3n) is 5.07. The van der Waals surface area contributed by atoms with Crippen LogP contribution in [0.1, 0.15) is 18.4 Å². The van der Waals surface area contributed by atoms with Gasteiger partial charge in [0.05, 0.1) is 13.2 Å². The molecule has 1 aromatic rings. The molecule has 1 amide bonds. The normalized spacial score (nSPS) is 20.3. The molecule has 8 heteroatoms. The average Bonchev–Trinajstić information content (AvgIpc) is 3.06. The molecular formula is C19H25N3O4S. The number of ether oxygens (including phenoxy) is 2. The Hall–Kier alpha value is -2.35. The molecule has 27 heavy (non-hydrogen) atoms. The Kier molecular flexibility index (Phi) is 6.49. The van der Waals surface area contributed by atoms with Gasteiger partial charge < -0.3 is 19.7 Å². The van der Waals surface area contributed by atoms with Crippen LogP contribution in [0.2, 0.25) is 0 Å². The predicted octanol–water partition coefficient (Wildman–Crippen LogP) is 1.56. The number of carbonyl (C=O) groups excluding carboxylic acids is 2. The smallest absolute Gasteiger partial charge is 0.410 e. The highest BCUT2D eigenvalue weighted by Crippen LogP contribution is 2.26. The highest BCUT2D eigenvalue weighted by atomic mass is 32.1. The summed E-state index contributed by atoms with van der Waals surface area (Å²) in [4.78, 5) is 27.5. The standard InChI is InChI=1S/C19H25N3O4S/c1-25-17(23)12-20-18(27)21-9-7-15(8-10-21)22-16(13-26-19(22)24)11-14-5-3-2-4-6-14/h2-6,15-16H,7-13H2,1H3,(H,20,27)/t16-/m0/s1. The number of cyclic esters (lactones) is 1. The van der Waals surface area contributed by atoms with Crippen LogP contribution in [0.4, 0.5) is 4.79 Å². The molecule has 0 aromatic heterocycles. The van der Waals surface area contributed by atoms with Crippen LogP contribution in [0, 0.1) is 0 Å². The maximum absolute atomic E-state index is 12.3. The summed E-state index contributed by atoms with van der Waals surface area (Å²) >= 11 is 5.35. The average molecular weight is 391 g/mol. The summed E-state index contributed by atoms with van der Waals surface area (Å²) in [6.07, 6.45) is 2.22. The lowest BCUT2D eigenvalue weighted by atomic mass is 9.99. The number of piperidine rings is 1. The summed E-state index contributed by atoms with van der Waals surface area (Å²) < 4.78 is 9.95. The molecule has 2 aliphatic rings. The Bertz CT molecular complexity index is 677. The molecule has 0 bridgehead atoms. The van der Waals surface area contributed by atoms with Crippen molar-refractivity contribution in [1.29, 1.82) is 0 Å². The van der Waals surface area contributed by atoms with Crippen LogP contribution in [0.5, 0.6) is 0 Å². The minimum Gasteiger partial charge on any atom is -0.468 e. The van der Waals surface area contributed by atoms with Crippen LogP contribution in [-0.4, -0.2) is 72.4 Å². The van der Waals surface area contributed by atoms with Gasteiger partial charge in [-0.2, -0.15) is 0 Å². The van der Waals surface area contributed by atoms with Crippen LogP contribution >= 0.6 is 12.2 Å². The molecule has 2 aliphatic heterocycles. The predicted molar refractivity (Wildman–Crippen MR) is 104 cm³/mol. The van der Waals surface area contributed by atoms with E-state index in [4.69, 9.17) is 17.0 Å². The third-order valence-corrected chi connectivity index (χ3v) is 5.48. The van der Waals surface area contributed by atoms with Crippen LogP contribution in [-0.2, 0) is 20.7 Å². The van der Waals surface area contributed by atoms with Gasteiger partial charge in [-0.15, -0.1) is 0 Å². The SMILES string of the molecule is COC(=O)CNC(=S)N1CCC(N2C(=O)OC[C@@H]2Cc2ccccc2)CC1. The van der Waals surface area contributed by atoms with Gasteiger partial charge in [0, 0.05) is 19.1 Å². The minimum absolute atomic E-state index is 0.0624. The first-order valence-corrected chi connectivity index (χ1v) is 9.58. The first-order valence-electron chi connectivity index (χ1n) is 9.17. The summed E-state index contributed by atoms with van der Waals surface area (Å²) in [6, 6.07) is 10.4. The van der Waals surface area contributed by atoms with Crippen molar-refractivity contribution >= 4 is 29.4 Å². The van der Waals surface area contributed by atoms with E-state index in [0.29, 0.717) is 11.7 Å². The van der Waals surface area contributed by atoms with Gasteiger partial charge in [-0.05, 0) is 37.0 Å². The third kappa shape index (κ3) is 4.88. The molecule has 2 saturated heterocycles. The number of methoxy groups -OCH3 is 1. The second-order valence-electron chi connectivity index (χ2n) is 6.78. The summed E-state index contributed by atoms with van der Waals surface area (Å²) in [7, 11) is 1.35. The van der Waals surface area contributed by atoms with E-state index in [9.17, 15) is 9.59 Å². The number of nitrogens with zero attached hydrogens (tertiary/aromatic N) is 2. The lowest BCUT2D eigenvalue weighted by Gasteiger charge is -2.38. The van der Waals surface area contributed by atoms with E-state index in [1.54, 1.807) is 0 Å². The Morgan fingerprint density at radius 1 is 1.30 bits per heavy atom. The van der Waals surface area contributed by atoms with Gasteiger partial charge in [-0.3, -0.25) is 9.69 Å². The molecule has 3 rings (SSSR count). The van der Waals surface area contributed by atoms with E-state index in [2.05, 4.69) is 22.2 Å². The van der Waals surface area contributed by atoms with Crippen LogP contribution in [0.3, 0.4) is 0 Å². The lowest BCUT2D eigenvalue weighted by Crippen LogP contribution is -2.52. The van der Waals surface area contributed by atoms with Crippen molar-refractivity contribution in [2.45, 2.75) is 31.3 Å². The molecule has 1 N–H and O–H groups in total. The summed E-state index contributed by atoms with van der Waals surface area (Å²) in [5.74, 6) is -0.351. The molecular weight excluding hydrogens is 366 g/mol. The van der Waals surface area contributed by atoms with E-state index < -0.39 is 0 Å².